The molecule has 0 fully saturated rings. The fraction of sp³-hybridized carbons (Fsp3) is 0.167. The van der Waals surface area contributed by atoms with Gasteiger partial charge in [0, 0.05) is 11.3 Å². The number of carbonyl (C=O) groups excluding carboxylic acids is 1. The molecule has 0 spiro atoms. The summed E-state index contributed by atoms with van der Waals surface area (Å²) < 4.78 is 5.16. The Hall–Kier alpha value is -3.15. The number of aromatic nitrogens is 2. The molecule has 2 amide bonds. The first-order chi connectivity index (χ1) is 11.6. The van der Waals surface area contributed by atoms with E-state index in [2.05, 4.69) is 20.8 Å². The van der Waals surface area contributed by atoms with Crippen molar-refractivity contribution >= 4 is 11.7 Å². The molecule has 6 nitrogen and oxygen atoms in total. The molecule has 0 bridgehead atoms. The first-order valence-corrected chi connectivity index (χ1v) is 7.61. The van der Waals surface area contributed by atoms with Gasteiger partial charge < -0.3 is 15.2 Å². The second-order valence-electron chi connectivity index (χ2n) is 5.55. The Morgan fingerprint density at radius 1 is 1.00 bits per heavy atom. The minimum Gasteiger partial charge on any atom is -0.337 e. The van der Waals surface area contributed by atoms with E-state index < -0.39 is 0 Å². The SMILES string of the molecule is Cc1ccc(NC(=O)NCc2nc(-c3ccc(C)cc3)no2)cc1. The highest BCUT2D eigenvalue weighted by Crippen LogP contribution is 2.16. The molecule has 0 aliphatic heterocycles. The van der Waals surface area contributed by atoms with Crippen molar-refractivity contribution in [2.24, 2.45) is 0 Å². The lowest BCUT2D eigenvalue weighted by atomic mass is 10.1. The lowest BCUT2D eigenvalue weighted by Gasteiger charge is -2.05. The maximum atomic E-state index is 11.9. The molecule has 3 rings (SSSR count). The number of amides is 2. The Kier molecular flexibility index (Phi) is 4.56. The molecule has 0 saturated heterocycles. The van der Waals surface area contributed by atoms with Crippen LogP contribution in [0, 0.1) is 13.8 Å². The van der Waals surface area contributed by atoms with Crippen LogP contribution in [0.4, 0.5) is 10.5 Å². The van der Waals surface area contributed by atoms with E-state index in [-0.39, 0.29) is 12.6 Å². The Morgan fingerprint density at radius 3 is 2.29 bits per heavy atom. The molecule has 2 N–H and O–H groups in total. The van der Waals surface area contributed by atoms with Crippen molar-refractivity contribution in [3.63, 3.8) is 0 Å². The third kappa shape index (κ3) is 3.98. The monoisotopic (exact) mass is 322 g/mol. The number of hydrogen-bond acceptors (Lipinski definition) is 4. The van der Waals surface area contributed by atoms with E-state index in [1.54, 1.807) is 0 Å². The molecule has 0 atom stereocenters. The zero-order chi connectivity index (χ0) is 16.9. The Labute approximate surface area is 139 Å². The molecule has 1 heterocycles. The number of benzene rings is 2. The zero-order valence-electron chi connectivity index (χ0n) is 13.5. The van der Waals surface area contributed by atoms with Gasteiger partial charge in [-0.1, -0.05) is 52.7 Å². The first-order valence-electron chi connectivity index (χ1n) is 7.61. The van der Waals surface area contributed by atoms with E-state index in [0.717, 1.165) is 22.4 Å². The van der Waals surface area contributed by atoms with Crippen LogP contribution in [-0.4, -0.2) is 16.2 Å². The summed E-state index contributed by atoms with van der Waals surface area (Å²) in [7, 11) is 0. The van der Waals surface area contributed by atoms with Crippen LogP contribution in [0.1, 0.15) is 17.0 Å². The van der Waals surface area contributed by atoms with E-state index in [1.165, 1.54) is 0 Å². The van der Waals surface area contributed by atoms with Gasteiger partial charge in [0.1, 0.15) is 0 Å². The fourth-order valence-electron chi connectivity index (χ4n) is 2.11. The van der Waals surface area contributed by atoms with E-state index >= 15 is 0 Å². The van der Waals surface area contributed by atoms with Gasteiger partial charge in [0.05, 0.1) is 6.54 Å². The summed E-state index contributed by atoms with van der Waals surface area (Å²) >= 11 is 0. The molecule has 3 aromatic rings. The molecule has 0 aliphatic rings. The van der Waals surface area contributed by atoms with Gasteiger partial charge in [0.2, 0.25) is 11.7 Å². The second kappa shape index (κ2) is 6.95. The number of rotatable bonds is 4. The second-order valence-corrected chi connectivity index (χ2v) is 5.55. The lowest BCUT2D eigenvalue weighted by Crippen LogP contribution is -2.28. The maximum absolute atomic E-state index is 11.9. The van der Waals surface area contributed by atoms with Gasteiger partial charge in [-0.3, -0.25) is 0 Å². The number of nitrogens with one attached hydrogen (secondary N) is 2. The van der Waals surface area contributed by atoms with Gasteiger partial charge in [-0.15, -0.1) is 0 Å². The van der Waals surface area contributed by atoms with Gasteiger partial charge >= 0.3 is 6.03 Å². The molecule has 0 saturated carbocycles. The molecule has 24 heavy (non-hydrogen) atoms. The van der Waals surface area contributed by atoms with Gasteiger partial charge in [-0.25, -0.2) is 4.79 Å². The van der Waals surface area contributed by atoms with E-state index in [9.17, 15) is 4.79 Å². The number of hydrogen-bond donors (Lipinski definition) is 2. The standard InChI is InChI=1S/C18H18N4O2/c1-12-3-7-14(8-4-12)17-21-16(24-22-17)11-19-18(23)20-15-9-5-13(2)6-10-15/h3-10H,11H2,1-2H3,(H2,19,20,23). The summed E-state index contributed by atoms with van der Waals surface area (Å²) in [5.41, 5.74) is 3.90. The minimum atomic E-state index is -0.325. The predicted octanol–water partition coefficient (Wildman–Crippen LogP) is 3.68. The third-order valence-corrected chi connectivity index (χ3v) is 3.49. The predicted molar refractivity (Wildman–Crippen MR) is 91.5 cm³/mol. The molecule has 1 aromatic heterocycles. The van der Waals surface area contributed by atoms with Crippen molar-refractivity contribution in [2.75, 3.05) is 5.32 Å². The van der Waals surface area contributed by atoms with Gasteiger partial charge in [0.25, 0.3) is 0 Å². The maximum Gasteiger partial charge on any atom is 0.319 e. The van der Waals surface area contributed by atoms with Gasteiger partial charge in [-0.05, 0) is 26.0 Å². The molecule has 0 radical (unpaired) electrons. The smallest absolute Gasteiger partial charge is 0.319 e. The van der Waals surface area contributed by atoms with Gasteiger partial charge in [0.15, 0.2) is 0 Å². The Balaban J connectivity index is 1.56. The molecule has 6 heteroatoms. The fourth-order valence-corrected chi connectivity index (χ4v) is 2.11. The number of anilines is 1. The van der Waals surface area contributed by atoms with Crippen LogP contribution in [0.25, 0.3) is 11.4 Å². The first kappa shape index (κ1) is 15.7. The summed E-state index contributed by atoms with van der Waals surface area (Å²) in [6.07, 6.45) is 0. The summed E-state index contributed by atoms with van der Waals surface area (Å²) in [5.74, 6) is 0.857. The van der Waals surface area contributed by atoms with Crippen LogP contribution in [0.5, 0.6) is 0 Å². The van der Waals surface area contributed by atoms with Crippen molar-refractivity contribution in [1.82, 2.24) is 15.5 Å². The van der Waals surface area contributed by atoms with E-state index in [1.807, 2.05) is 62.4 Å². The molecule has 122 valence electrons. The number of carbonyl (C=O) groups is 1. The van der Waals surface area contributed by atoms with Gasteiger partial charge in [-0.2, -0.15) is 4.98 Å². The van der Waals surface area contributed by atoms with Crippen LogP contribution in [0.15, 0.2) is 53.1 Å². The summed E-state index contributed by atoms with van der Waals surface area (Å²) in [6, 6.07) is 15.1. The largest absolute Gasteiger partial charge is 0.337 e. The quantitative estimate of drug-likeness (QED) is 0.768. The number of urea groups is 1. The average Bonchev–Trinajstić information content (AvgIpc) is 3.05. The molecule has 0 aliphatic carbocycles. The van der Waals surface area contributed by atoms with E-state index in [0.29, 0.717) is 11.7 Å². The molecular formula is C18H18N4O2. The van der Waals surface area contributed by atoms with Crippen molar-refractivity contribution in [3.05, 3.63) is 65.5 Å². The highest BCUT2D eigenvalue weighted by Gasteiger charge is 2.09. The van der Waals surface area contributed by atoms with E-state index in [4.69, 9.17) is 4.52 Å². The number of aryl methyl sites for hydroxylation is 2. The minimum absolute atomic E-state index is 0.163. The van der Waals surface area contributed by atoms with Crippen molar-refractivity contribution in [2.45, 2.75) is 20.4 Å². The van der Waals surface area contributed by atoms with Crippen LogP contribution in [-0.2, 0) is 6.54 Å². The summed E-state index contributed by atoms with van der Waals surface area (Å²) in [5, 5.41) is 9.36. The summed E-state index contributed by atoms with van der Waals surface area (Å²) in [6.45, 7) is 4.17. The normalized spacial score (nSPS) is 10.4. The highest BCUT2D eigenvalue weighted by molar-refractivity contribution is 5.89. The Morgan fingerprint density at radius 2 is 1.62 bits per heavy atom. The van der Waals surface area contributed by atoms with Crippen molar-refractivity contribution < 1.29 is 9.32 Å². The Bertz CT molecular complexity index is 823. The van der Waals surface area contributed by atoms with Crippen LogP contribution >= 0.6 is 0 Å². The number of nitrogens with zero attached hydrogens (tertiary/aromatic N) is 2. The lowest BCUT2D eigenvalue weighted by molar-refractivity contribution is 0.249. The van der Waals surface area contributed by atoms with Crippen LogP contribution < -0.4 is 10.6 Å². The van der Waals surface area contributed by atoms with Crippen molar-refractivity contribution in [3.8, 4) is 11.4 Å². The molecular weight excluding hydrogens is 304 g/mol. The van der Waals surface area contributed by atoms with Crippen LogP contribution in [0.3, 0.4) is 0 Å². The average molecular weight is 322 g/mol. The highest BCUT2D eigenvalue weighted by atomic mass is 16.5. The topological polar surface area (TPSA) is 80.0 Å². The summed E-state index contributed by atoms with van der Waals surface area (Å²) in [4.78, 5) is 16.2. The molecule has 2 aromatic carbocycles. The van der Waals surface area contributed by atoms with Crippen molar-refractivity contribution in [1.29, 1.82) is 0 Å². The molecule has 0 unspecified atom stereocenters. The zero-order valence-corrected chi connectivity index (χ0v) is 13.5. The third-order valence-electron chi connectivity index (χ3n) is 3.49. The van der Waals surface area contributed by atoms with Crippen LogP contribution in [0.2, 0.25) is 0 Å².